The first kappa shape index (κ1) is 14.2. The van der Waals surface area contributed by atoms with Gasteiger partial charge in [0.15, 0.2) is 0 Å². The predicted molar refractivity (Wildman–Crippen MR) is 88.0 cm³/mol. The number of pyridine rings is 1. The van der Waals surface area contributed by atoms with Gasteiger partial charge in [-0.15, -0.1) is 0 Å². The number of halogens is 1. The van der Waals surface area contributed by atoms with Crippen molar-refractivity contribution >= 4 is 23.1 Å². The van der Waals surface area contributed by atoms with Crippen molar-refractivity contribution in [2.75, 3.05) is 36.0 Å². The number of piperazine rings is 1. The van der Waals surface area contributed by atoms with Gasteiger partial charge in [-0.3, -0.25) is 0 Å². The van der Waals surface area contributed by atoms with E-state index in [1.54, 1.807) is 0 Å². The van der Waals surface area contributed by atoms with Gasteiger partial charge in [0, 0.05) is 49.6 Å². The van der Waals surface area contributed by atoms with Crippen LogP contribution in [0.25, 0.3) is 0 Å². The number of rotatable bonds is 3. The third-order valence-electron chi connectivity index (χ3n) is 3.86. The van der Waals surface area contributed by atoms with Gasteiger partial charge in [0.2, 0.25) is 0 Å². The molecule has 2 aromatic rings. The monoisotopic (exact) mass is 302 g/mol. The minimum absolute atomic E-state index is 0.510. The number of benzene rings is 1. The summed E-state index contributed by atoms with van der Waals surface area (Å²) in [5, 5.41) is 0.742. The Morgan fingerprint density at radius 2 is 1.81 bits per heavy atom. The molecule has 0 saturated carbocycles. The van der Waals surface area contributed by atoms with Gasteiger partial charge < -0.3 is 15.5 Å². The first-order valence-electron chi connectivity index (χ1n) is 7.17. The van der Waals surface area contributed by atoms with E-state index in [0.29, 0.717) is 6.54 Å². The van der Waals surface area contributed by atoms with Crippen LogP contribution in [0, 0.1) is 0 Å². The van der Waals surface area contributed by atoms with Crippen LogP contribution in [0.1, 0.15) is 5.56 Å². The number of anilines is 2. The van der Waals surface area contributed by atoms with E-state index in [1.165, 1.54) is 5.69 Å². The highest BCUT2D eigenvalue weighted by molar-refractivity contribution is 6.30. The van der Waals surface area contributed by atoms with E-state index in [0.717, 1.165) is 42.6 Å². The van der Waals surface area contributed by atoms with E-state index < -0.39 is 0 Å². The second-order valence-electron chi connectivity index (χ2n) is 5.14. The Morgan fingerprint density at radius 1 is 1.05 bits per heavy atom. The number of nitrogens with zero attached hydrogens (tertiary/aromatic N) is 3. The fraction of sp³-hybridized carbons (Fsp3) is 0.312. The van der Waals surface area contributed by atoms with Crippen LogP contribution in [0.4, 0.5) is 11.5 Å². The van der Waals surface area contributed by atoms with E-state index in [4.69, 9.17) is 17.3 Å². The maximum absolute atomic E-state index is 6.05. The molecule has 1 aromatic heterocycles. The molecule has 0 aliphatic carbocycles. The van der Waals surface area contributed by atoms with Crippen molar-refractivity contribution in [3.05, 3.63) is 53.2 Å². The van der Waals surface area contributed by atoms with Crippen LogP contribution in [0.5, 0.6) is 0 Å². The molecule has 1 aromatic carbocycles. The molecule has 1 saturated heterocycles. The normalized spacial score (nSPS) is 15.3. The molecule has 5 heteroatoms. The molecular formula is C16H19ClN4. The summed E-state index contributed by atoms with van der Waals surface area (Å²) in [6.45, 7) is 4.36. The van der Waals surface area contributed by atoms with Gasteiger partial charge in [0.1, 0.15) is 5.82 Å². The Kier molecular flexibility index (Phi) is 4.27. The van der Waals surface area contributed by atoms with Crippen LogP contribution in [0.15, 0.2) is 42.6 Å². The molecule has 0 radical (unpaired) electrons. The number of hydrogen-bond acceptors (Lipinski definition) is 4. The third kappa shape index (κ3) is 3.12. The fourth-order valence-corrected chi connectivity index (χ4v) is 2.94. The molecule has 1 fully saturated rings. The van der Waals surface area contributed by atoms with Crippen molar-refractivity contribution in [1.29, 1.82) is 0 Å². The molecular weight excluding hydrogens is 284 g/mol. The molecule has 0 spiro atoms. The molecule has 1 aliphatic heterocycles. The minimum atomic E-state index is 0.510. The van der Waals surface area contributed by atoms with Crippen molar-refractivity contribution in [3.8, 4) is 0 Å². The van der Waals surface area contributed by atoms with Gasteiger partial charge in [-0.05, 0) is 35.9 Å². The average Bonchev–Trinajstić information content (AvgIpc) is 2.56. The van der Waals surface area contributed by atoms with E-state index >= 15 is 0 Å². The summed E-state index contributed by atoms with van der Waals surface area (Å²) in [7, 11) is 0. The quantitative estimate of drug-likeness (QED) is 0.946. The average molecular weight is 303 g/mol. The summed E-state index contributed by atoms with van der Waals surface area (Å²) in [5.74, 6) is 1.05. The SMILES string of the molecule is NCc1cc(Cl)ccc1N1CCN(c2ccccn2)CC1. The number of aromatic nitrogens is 1. The zero-order valence-electron chi connectivity index (χ0n) is 11.9. The van der Waals surface area contributed by atoms with Crippen LogP contribution in [-0.4, -0.2) is 31.2 Å². The summed E-state index contributed by atoms with van der Waals surface area (Å²) >= 11 is 6.05. The van der Waals surface area contributed by atoms with Crippen molar-refractivity contribution in [2.45, 2.75) is 6.54 Å². The summed E-state index contributed by atoms with van der Waals surface area (Å²) in [5.41, 5.74) is 8.14. The highest BCUT2D eigenvalue weighted by Gasteiger charge is 2.19. The molecule has 0 amide bonds. The molecule has 1 aliphatic rings. The number of hydrogen-bond donors (Lipinski definition) is 1. The zero-order valence-corrected chi connectivity index (χ0v) is 12.6. The highest BCUT2D eigenvalue weighted by atomic mass is 35.5. The maximum atomic E-state index is 6.05. The molecule has 3 rings (SSSR count). The van der Waals surface area contributed by atoms with Crippen molar-refractivity contribution in [2.24, 2.45) is 5.73 Å². The molecule has 0 unspecified atom stereocenters. The summed E-state index contributed by atoms with van der Waals surface area (Å²) in [4.78, 5) is 9.10. The molecule has 21 heavy (non-hydrogen) atoms. The summed E-state index contributed by atoms with van der Waals surface area (Å²) in [6.07, 6.45) is 1.84. The van der Waals surface area contributed by atoms with Crippen molar-refractivity contribution in [3.63, 3.8) is 0 Å². The lowest BCUT2D eigenvalue weighted by Crippen LogP contribution is -2.47. The Labute approximate surface area is 130 Å². The molecule has 110 valence electrons. The van der Waals surface area contributed by atoms with Crippen LogP contribution in [0.2, 0.25) is 5.02 Å². The minimum Gasteiger partial charge on any atom is -0.368 e. The van der Waals surface area contributed by atoms with E-state index in [2.05, 4.69) is 26.9 Å². The second-order valence-corrected chi connectivity index (χ2v) is 5.58. The second kappa shape index (κ2) is 6.33. The first-order valence-corrected chi connectivity index (χ1v) is 7.55. The molecule has 0 atom stereocenters. The molecule has 2 N–H and O–H groups in total. The Balaban J connectivity index is 1.71. The maximum Gasteiger partial charge on any atom is 0.128 e. The highest BCUT2D eigenvalue weighted by Crippen LogP contribution is 2.25. The van der Waals surface area contributed by atoms with E-state index in [9.17, 15) is 0 Å². The van der Waals surface area contributed by atoms with E-state index in [1.807, 2.05) is 30.5 Å². The topological polar surface area (TPSA) is 45.4 Å². The third-order valence-corrected chi connectivity index (χ3v) is 4.09. The van der Waals surface area contributed by atoms with Crippen molar-refractivity contribution in [1.82, 2.24) is 4.98 Å². The van der Waals surface area contributed by atoms with Gasteiger partial charge in [-0.1, -0.05) is 17.7 Å². The van der Waals surface area contributed by atoms with Crippen LogP contribution in [0.3, 0.4) is 0 Å². The van der Waals surface area contributed by atoms with Gasteiger partial charge in [0.05, 0.1) is 0 Å². The van der Waals surface area contributed by atoms with Crippen LogP contribution < -0.4 is 15.5 Å². The fourth-order valence-electron chi connectivity index (χ4n) is 2.74. The summed E-state index contributed by atoms with van der Waals surface area (Å²) in [6, 6.07) is 12.0. The molecule has 2 heterocycles. The largest absolute Gasteiger partial charge is 0.368 e. The zero-order chi connectivity index (χ0) is 14.7. The lowest BCUT2D eigenvalue weighted by Gasteiger charge is -2.37. The summed E-state index contributed by atoms with van der Waals surface area (Å²) < 4.78 is 0. The van der Waals surface area contributed by atoms with Gasteiger partial charge in [0.25, 0.3) is 0 Å². The van der Waals surface area contributed by atoms with Crippen molar-refractivity contribution < 1.29 is 0 Å². The Morgan fingerprint density at radius 3 is 2.48 bits per heavy atom. The Hall–Kier alpha value is -1.78. The first-order chi connectivity index (χ1) is 10.3. The van der Waals surface area contributed by atoms with Gasteiger partial charge >= 0.3 is 0 Å². The standard InChI is InChI=1S/C16H19ClN4/c17-14-4-5-15(13(11-14)12-18)20-7-9-21(10-8-20)16-3-1-2-6-19-16/h1-6,11H,7-10,12,18H2. The lowest BCUT2D eigenvalue weighted by molar-refractivity contribution is 0.645. The molecule has 4 nitrogen and oxygen atoms in total. The van der Waals surface area contributed by atoms with Gasteiger partial charge in [-0.25, -0.2) is 4.98 Å². The van der Waals surface area contributed by atoms with E-state index in [-0.39, 0.29) is 0 Å². The van der Waals surface area contributed by atoms with Crippen LogP contribution in [-0.2, 0) is 6.54 Å². The Bertz CT molecular complexity index is 594. The lowest BCUT2D eigenvalue weighted by atomic mass is 10.1. The van der Waals surface area contributed by atoms with Crippen LogP contribution >= 0.6 is 11.6 Å². The van der Waals surface area contributed by atoms with Gasteiger partial charge in [-0.2, -0.15) is 0 Å². The molecule has 0 bridgehead atoms. The number of nitrogens with two attached hydrogens (primary N) is 1. The smallest absolute Gasteiger partial charge is 0.128 e. The predicted octanol–water partition coefficient (Wildman–Crippen LogP) is 2.52.